The first-order valence-corrected chi connectivity index (χ1v) is 10.9. The van der Waals surface area contributed by atoms with Crippen LogP contribution in [0, 0.1) is 11.6 Å². The molecular formula is C24H19F2N3OS. The monoisotopic (exact) mass is 435 g/mol. The number of amides is 1. The van der Waals surface area contributed by atoms with Gasteiger partial charge in [0.1, 0.15) is 11.3 Å². The van der Waals surface area contributed by atoms with Crippen LogP contribution in [0.1, 0.15) is 10.4 Å². The average molecular weight is 435 g/mol. The lowest BCUT2D eigenvalue weighted by Crippen LogP contribution is -2.48. The predicted octanol–water partition coefficient (Wildman–Crippen LogP) is 5.20. The second-order valence-electron chi connectivity index (χ2n) is 7.45. The normalized spacial score (nSPS) is 14.3. The average Bonchev–Trinajstić information content (AvgIpc) is 3.24. The van der Waals surface area contributed by atoms with Crippen LogP contribution in [-0.4, -0.2) is 42.0 Å². The van der Waals surface area contributed by atoms with Crippen LogP contribution in [0.2, 0.25) is 0 Å². The molecule has 0 N–H and O–H groups in total. The summed E-state index contributed by atoms with van der Waals surface area (Å²) >= 11 is 1.27. The smallest absolute Gasteiger partial charge is 0.253 e. The van der Waals surface area contributed by atoms with E-state index in [0.717, 1.165) is 17.2 Å². The lowest BCUT2D eigenvalue weighted by Gasteiger charge is -2.34. The van der Waals surface area contributed by atoms with Crippen LogP contribution in [0.3, 0.4) is 0 Å². The van der Waals surface area contributed by atoms with Crippen molar-refractivity contribution in [1.82, 2.24) is 9.88 Å². The zero-order valence-electron chi connectivity index (χ0n) is 16.6. The van der Waals surface area contributed by atoms with Crippen LogP contribution in [-0.2, 0) is 0 Å². The van der Waals surface area contributed by atoms with Crippen LogP contribution in [0.4, 0.5) is 13.9 Å². The summed E-state index contributed by atoms with van der Waals surface area (Å²) in [6, 6.07) is 19.9. The van der Waals surface area contributed by atoms with E-state index < -0.39 is 11.6 Å². The molecule has 1 aliphatic heterocycles. The van der Waals surface area contributed by atoms with Crippen LogP contribution < -0.4 is 4.90 Å². The van der Waals surface area contributed by atoms with Gasteiger partial charge in [0.15, 0.2) is 10.9 Å². The molecule has 4 nitrogen and oxygen atoms in total. The Balaban J connectivity index is 1.26. The summed E-state index contributed by atoms with van der Waals surface area (Å²) < 4.78 is 27.9. The number of halogens is 2. The number of fused-ring (bicyclic) bond motifs is 1. The van der Waals surface area contributed by atoms with Crippen LogP contribution in [0.5, 0.6) is 0 Å². The van der Waals surface area contributed by atoms with E-state index in [9.17, 15) is 13.6 Å². The minimum atomic E-state index is -0.648. The van der Waals surface area contributed by atoms with Crippen molar-refractivity contribution in [2.45, 2.75) is 0 Å². The number of aromatic nitrogens is 1. The van der Waals surface area contributed by atoms with E-state index in [4.69, 9.17) is 0 Å². The maximum atomic E-state index is 14.0. The number of nitrogens with zero attached hydrogens (tertiary/aromatic N) is 3. The highest BCUT2D eigenvalue weighted by molar-refractivity contribution is 7.22. The van der Waals surface area contributed by atoms with Crippen LogP contribution in [0.15, 0.2) is 66.7 Å². The number of hydrogen-bond donors (Lipinski definition) is 0. The zero-order valence-corrected chi connectivity index (χ0v) is 17.4. The second-order valence-corrected chi connectivity index (χ2v) is 8.46. The quantitative estimate of drug-likeness (QED) is 0.444. The molecule has 0 atom stereocenters. The molecule has 0 spiro atoms. The topological polar surface area (TPSA) is 36.4 Å². The summed E-state index contributed by atoms with van der Waals surface area (Å²) in [6.07, 6.45) is 0. The van der Waals surface area contributed by atoms with E-state index >= 15 is 0 Å². The Morgan fingerprint density at radius 2 is 1.55 bits per heavy atom. The predicted molar refractivity (Wildman–Crippen MR) is 120 cm³/mol. The molecule has 3 aromatic carbocycles. The van der Waals surface area contributed by atoms with Crippen molar-refractivity contribution >= 4 is 32.6 Å². The summed E-state index contributed by atoms with van der Waals surface area (Å²) in [5, 5.41) is 0.652. The molecule has 7 heteroatoms. The number of hydrogen-bond acceptors (Lipinski definition) is 4. The van der Waals surface area contributed by atoms with E-state index in [-0.39, 0.29) is 11.4 Å². The molecule has 1 fully saturated rings. The number of anilines is 1. The van der Waals surface area contributed by atoms with Gasteiger partial charge in [0.05, 0.1) is 4.70 Å². The van der Waals surface area contributed by atoms with Gasteiger partial charge in [0.25, 0.3) is 5.91 Å². The second kappa shape index (κ2) is 8.07. The van der Waals surface area contributed by atoms with Gasteiger partial charge in [-0.05, 0) is 29.3 Å². The summed E-state index contributed by atoms with van der Waals surface area (Å²) in [6.45, 7) is 2.29. The maximum Gasteiger partial charge on any atom is 0.253 e. The Hall–Kier alpha value is -3.32. The van der Waals surface area contributed by atoms with Gasteiger partial charge in [-0.1, -0.05) is 53.8 Å². The Morgan fingerprint density at radius 1 is 0.871 bits per heavy atom. The molecule has 4 aromatic rings. The Kier molecular flexibility index (Phi) is 5.11. The number of piperazine rings is 1. The van der Waals surface area contributed by atoms with E-state index in [0.29, 0.717) is 41.6 Å². The summed E-state index contributed by atoms with van der Waals surface area (Å²) in [5.74, 6) is -1.25. The summed E-state index contributed by atoms with van der Waals surface area (Å²) in [5.41, 5.74) is 3.04. The molecule has 156 valence electrons. The number of rotatable bonds is 3. The zero-order chi connectivity index (χ0) is 21.4. The molecule has 31 heavy (non-hydrogen) atoms. The number of thiazole rings is 1. The number of carbonyl (C=O) groups is 1. The van der Waals surface area contributed by atoms with Crippen molar-refractivity contribution < 1.29 is 13.6 Å². The van der Waals surface area contributed by atoms with Crippen molar-refractivity contribution in [3.63, 3.8) is 0 Å². The Morgan fingerprint density at radius 3 is 2.26 bits per heavy atom. The largest absolute Gasteiger partial charge is 0.345 e. The molecule has 0 saturated carbocycles. The van der Waals surface area contributed by atoms with Gasteiger partial charge in [0.2, 0.25) is 0 Å². The lowest BCUT2D eigenvalue weighted by atomic mass is 10.0. The molecule has 1 saturated heterocycles. The SMILES string of the molecule is O=C(c1ccc(-c2ccccc2)cc1)N1CCN(c2nc3c(F)cc(F)cc3s2)CC1. The minimum Gasteiger partial charge on any atom is -0.345 e. The molecule has 1 amide bonds. The lowest BCUT2D eigenvalue weighted by molar-refractivity contribution is 0.0747. The minimum absolute atomic E-state index is 0.00308. The highest BCUT2D eigenvalue weighted by Gasteiger charge is 2.24. The van der Waals surface area contributed by atoms with Gasteiger partial charge in [-0.3, -0.25) is 4.79 Å². The molecule has 1 aliphatic rings. The van der Waals surface area contributed by atoms with Crippen molar-refractivity contribution in [2.24, 2.45) is 0 Å². The van der Waals surface area contributed by atoms with Crippen molar-refractivity contribution in [3.8, 4) is 11.1 Å². The summed E-state index contributed by atoms with van der Waals surface area (Å²) in [7, 11) is 0. The van der Waals surface area contributed by atoms with E-state index in [1.54, 1.807) is 0 Å². The summed E-state index contributed by atoms with van der Waals surface area (Å²) in [4.78, 5) is 21.1. The van der Waals surface area contributed by atoms with Gasteiger partial charge < -0.3 is 9.80 Å². The van der Waals surface area contributed by atoms with Crippen LogP contribution >= 0.6 is 11.3 Å². The van der Waals surface area contributed by atoms with E-state index in [1.807, 2.05) is 64.4 Å². The molecule has 1 aromatic heterocycles. The van der Waals surface area contributed by atoms with Gasteiger partial charge in [0, 0.05) is 37.8 Å². The van der Waals surface area contributed by atoms with Gasteiger partial charge in [-0.2, -0.15) is 0 Å². The van der Waals surface area contributed by atoms with Crippen molar-refractivity contribution in [3.05, 3.63) is 83.9 Å². The fraction of sp³-hybridized carbons (Fsp3) is 0.167. The van der Waals surface area contributed by atoms with Crippen LogP contribution in [0.25, 0.3) is 21.3 Å². The molecule has 0 bridgehead atoms. The third-order valence-electron chi connectivity index (χ3n) is 5.48. The first-order valence-electron chi connectivity index (χ1n) is 10.0. The van der Waals surface area contributed by atoms with Crippen molar-refractivity contribution in [1.29, 1.82) is 0 Å². The molecule has 0 aliphatic carbocycles. The first-order chi connectivity index (χ1) is 15.1. The fourth-order valence-corrected chi connectivity index (χ4v) is 4.86. The standard InChI is InChI=1S/C24H19F2N3OS/c25-19-14-20(26)22-21(15-19)31-24(27-22)29-12-10-28(11-13-29)23(30)18-8-6-17(7-9-18)16-4-2-1-3-5-16/h1-9,14-15H,10-13H2. The molecule has 5 rings (SSSR count). The fourth-order valence-electron chi connectivity index (χ4n) is 3.80. The maximum absolute atomic E-state index is 14.0. The third-order valence-corrected chi connectivity index (χ3v) is 6.54. The number of benzene rings is 3. The van der Waals surface area contributed by atoms with Gasteiger partial charge in [-0.25, -0.2) is 13.8 Å². The van der Waals surface area contributed by atoms with E-state index in [2.05, 4.69) is 4.98 Å². The Labute approximate surface area is 182 Å². The molecule has 2 heterocycles. The van der Waals surface area contributed by atoms with Gasteiger partial charge >= 0.3 is 0 Å². The molecule has 0 unspecified atom stereocenters. The molecule has 0 radical (unpaired) electrons. The third kappa shape index (κ3) is 3.88. The van der Waals surface area contributed by atoms with E-state index in [1.165, 1.54) is 17.4 Å². The highest BCUT2D eigenvalue weighted by Crippen LogP contribution is 2.31. The highest BCUT2D eigenvalue weighted by atomic mass is 32.1. The first kappa shape index (κ1) is 19.6. The Bertz CT molecular complexity index is 1230. The molecular weight excluding hydrogens is 416 g/mol. The number of carbonyl (C=O) groups excluding carboxylic acids is 1. The van der Waals surface area contributed by atoms with Crippen molar-refractivity contribution in [2.75, 3.05) is 31.1 Å². The van der Waals surface area contributed by atoms with Gasteiger partial charge in [-0.15, -0.1) is 0 Å².